The molecule has 1 aromatic rings. The summed E-state index contributed by atoms with van der Waals surface area (Å²) in [5, 5.41) is 0.163. The molecular weight excluding hydrogens is 370 g/mol. The van der Waals surface area contributed by atoms with E-state index in [0.29, 0.717) is 12.0 Å². The van der Waals surface area contributed by atoms with Crippen molar-refractivity contribution in [2.45, 2.75) is 10.8 Å². The highest BCUT2D eigenvalue weighted by atomic mass is 35.5. The summed E-state index contributed by atoms with van der Waals surface area (Å²) in [6.45, 7) is 0.0652. The van der Waals surface area contributed by atoms with Gasteiger partial charge in [0, 0.05) is 12.0 Å². The molecule has 2 N–H and O–H groups in total. The normalized spacial score (nSPS) is 18.5. The van der Waals surface area contributed by atoms with Gasteiger partial charge >= 0.3 is 6.09 Å². The largest absolute Gasteiger partial charge is 0.448 e. The minimum absolute atomic E-state index is 0.0652. The van der Waals surface area contributed by atoms with E-state index in [2.05, 4.69) is 10.9 Å². The van der Waals surface area contributed by atoms with Gasteiger partial charge in [-0.25, -0.2) is 14.6 Å². The number of hydrogen-bond acceptors (Lipinski definition) is 3. The Morgan fingerprint density at radius 2 is 2.09 bits per heavy atom. The molecule has 0 saturated heterocycles. The first-order valence-electron chi connectivity index (χ1n) is 6.51. The van der Waals surface area contributed by atoms with Crippen LogP contribution in [0.1, 0.15) is 12.0 Å². The van der Waals surface area contributed by atoms with Gasteiger partial charge in [0.25, 0.3) is 5.91 Å². The van der Waals surface area contributed by atoms with Gasteiger partial charge in [0.2, 0.25) is 0 Å². The second kappa shape index (κ2) is 7.38. The van der Waals surface area contributed by atoms with Gasteiger partial charge in [-0.3, -0.25) is 10.2 Å². The van der Waals surface area contributed by atoms with Crippen molar-refractivity contribution in [1.29, 1.82) is 0 Å². The molecule has 1 aromatic carbocycles. The molecule has 5 nitrogen and oxygen atoms in total. The number of ether oxygens (including phenoxy) is 1. The topological polar surface area (TPSA) is 67.4 Å². The summed E-state index contributed by atoms with van der Waals surface area (Å²) >= 11 is 17.4. The van der Waals surface area contributed by atoms with Crippen molar-refractivity contribution in [3.63, 3.8) is 0 Å². The molecule has 1 atom stereocenters. The van der Waals surface area contributed by atoms with Crippen molar-refractivity contribution in [3.05, 3.63) is 40.7 Å². The lowest BCUT2D eigenvalue weighted by atomic mass is 10.2. The van der Waals surface area contributed by atoms with Gasteiger partial charge in [-0.1, -0.05) is 17.7 Å². The molecule has 23 heavy (non-hydrogen) atoms. The van der Waals surface area contributed by atoms with Crippen LogP contribution in [-0.4, -0.2) is 22.9 Å². The zero-order valence-electron chi connectivity index (χ0n) is 11.6. The van der Waals surface area contributed by atoms with Gasteiger partial charge in [0.15, 0.2) is 0 Å². The molecule has 0 aliphatic heterocycles. The van der Waals surface area contributed by atoms with E-state index in [1.165, 1.54) is 18.2 Å². The van der Waals surface area contributed by atoms with Crippen LogP contribution in [0.5, 0.6) is 0 Å². The maximum atomic E-state index is 12.9. The zero-order chi connectivity index (χ0) is 17.0. The number of hydrazine groups is 1. The van der Waals surface area contributed by atoms with E-state index in [0.717, 1.165) is 12.1 Å². The number of amides is 2. The molecule has 2 rings (SSSR count). The van der Waals surface area contributed by atoms with Crippen LogP contribution < -0.4 is 10.9 Å². The van der Waals surface area contributed by atoms with Gasteiger partial charge in [-0.15, -0.1) is 23.2 Å². The molecular formula is C14H12Cl3FN2O3. The van der Waals surface area contributed by atoms with Gasteiger partial charge in [0.1, 0.15) is 10.2 Å². The standard InChI is InChI=1S/C14H12Cl3FN2O3/c15-11-5-10(18)3-1-8(11)2-4-12(21)19-20-13(22)23-7-9-6-14(9,16)17/h1-5,9H,6-7H2,(H,19,21)(H,20,22). The molecule has 1 saturated carbocycles. The van der Waals surface area contributed by atoms with E-state index in [1.807, 2.05) is 0 Å². The second-order valence-electron chi connectivity index (χ2n) is 4.87. The number of rotatable bonds is 4. The highest BCUT2D eigenvalue weighted by molar-refractivity contribution is 6.50. The Kier molecular flexibility index (Phi) is 5.73. The molecule has 1 aliphatic rings. The van der Waals surface area contributed by atoms with Crippen molar-refractivity contribution in [1.82, 2.24) is 10.9 Å². The second-order valence-corrected chi connectivity index (χ2v) is 6.82. The number of nitrogens with one attached hydrogen (secondary N) is 2. The van der Waals surface area contributed by atoms with E-state index >= 15 is 0 Å². The molecule has 124 valence electrons. The van der Waals surface area contributed by atoms with Gasteiger partial charge < -0.3 is 4.74 Å². The lowest BCUT2D eigenvalue weighted by molar-refractivity contribution is -0.117. The SMILES string of the molecule is O=C(C=Cc1ccc(F)cc1Cl)NNC(=O)OCC1CC1(Cl)Cl. The molecule has 1 aliphatic carbocycles. The maximum absolute atomic E-state index is 12.9. The Hall–Kier alpha value is -1.50. The highest BCUT2D eigenvalue weighted by Crippen LogP contribution is 2.53. The van der Waals surface area contributed by atoms with E-state index in [-0.39, 0.29) is 17.5 Å². The first kappa shape index (κ1) is 17.8. The highest BCUT2D eigenvalue weighted by Gasteiger charge is 2.52. The molecule has 0 bridgehead atoms. The Morgan fingerprint density at radius 3 is 2.70 bits per heavy atom. The molecule has 0 spiro atoms. The third-order valence-corrected chi connectivity index (χ3v) is 4.29. The lowest BCUT2D eigenvalue weighted by Gasteiger charge is -2.07. The third kappa shape index (κ3) is 5.57. The number of benzene rings is 1. The monoisotopic (exact) mass is 380 g/mol. The predicted molar refractivity (Wildman–Crippen MR) is 85.6 cm³/mol. The van der Waals surface area contributed by atoms with Crippen molar-refractivity contribution in [2.24, 2.45) is 5.92 Å². The summed E-state index contributed by atoms with van der Waals surface area (Å²) in [7, 11) is 0. The molecule has 0 heterocycles. The van der Waals surface area contributed by atoms with E-state index in [1.54, 1.807) is 0 Å². The Balaban J connectivity index is 1.72. The van der Waals surface area contributed by atoms with Crippen molar-refractivity contribution >= 4 is 52.9 Å². The van der Waals surface area contributed by atoms with Crippen LogP contribution in [0.15, 0.2) is 24.3 Å². The number of alkyl halides is 2. The molecule has 1 fully saturated rings. The van der Waals surface area contributed by atoms with Crippen LogP contribution in [0, 0.1) is 11.7 Å². The van der Waals surface area contributed by atoms with Crippen LogP contribution in [0.4, 0.5) is 9.18 Å². The van der Waals surface area contributed by atoms with E-state index in [9.17, 15) is 14.0 Å². The number of carbonyl (C=O) groups excluding carboxylic acids is 2. The van der Waals surface area contributed by atoms with Gasteiger partial charge in [-0.2, -0.15) is 0 Å². The number of hydrogen-bond donors (Lipinski definition) is 2. The van der Waals surface area contributed by atoms with Gasteiger partial charge in [-0.05, 0) is 30.2 Å². The minimum Gasteiger partial charge on any atom is -0.448 e. The van der Waals surface area contributed by atoms with E-state index in [4.69, 9.17) is 39.5 Å². The van der Waals surface area contributed by atoms with Crippen molar-refractivity contribution in [3.8, 4) is 0 Å². The van der Waals surface area contributed by atoms with E-state index < -0.39 is 22.2 Å². The zero-order valence-corrected chi connectivity index (χ0v) is 13.9. The fourth-order valence-corrected chi connectivity index (χ4v) is 2.35. The maximum Gasteiger partial charge on any atom is 0.426 e. The summed E-state index contributed by atoms with van der Waals surface area (Å²) in [4.78, 5) is 22.9. The first-order chi connectivity index (χ1) is 10.8. The first-order valence-corrected chi connectivity index (χ1v) is 7.65. The predicted octanol–water partition coefficient (Wildman–Crippen LogP) is 3.44. The molecule has 0 radical (unpaired) electrons. The number of carbonyl (C=O) groups is 2. The molecule has 9 heteroatoms. The summed E-state index contributed by atoms with van der Waals surface area (Å²) in [6, 6.07) is 3.76. The van der Waals surface area contributed by atoms with Gasteiger partial charge in [0.05, 0.1) is 11.6 Å². The Morgan fingerprint density at radius 1 is 1.39 bits per heavy atom. The summed E-state index contributed by atoms with van der Waals surface area (Å²) < 4.78 is 16.9. The van der Waals surface area contributed by atoms with Crippen LogP contribution in [0.25, 0.3) is 6.08 Å². The quantitative estimate of drug-likeness (QED) is 0.477. The van der Waals surface area contributed by atoms with Crippen LogP contribution in [0.2, 0.25) is 5.02 Å². The van der Waals surface area contributed by atoms with Crippen molar-refractivity contribution < 1.29 is 18.7 Å². The summed E-state index contributed by atoms with van der Waals surface area (Å²) in [5.74, 6) is -1.19. The molecule has 2 amide bonds. The smallest absolute Gasteiger partial charge is 0.426 e. The average molecular weight is 382 g/mol. The van der Waals surface area contributed by atoms with Crippen LogP contribution >= 0.6 is 34.8 Å². The van der Waals surface area contributed by atoms with Crippen molar-refractivity contribution in [2.75, 3.05) is 6.61 Å². The lowest BCUT2D eigenvalue weighted by Crippen LogP contribution is -2.41. The fraction of sp³-hybridized carbons (Fsp3) is 0.286. The van der Waals surface area contributed by atoms with Crippen LogP contribution in [-0.2, 0) is 9.53 Å². The summed E-state index contributed by atoms with van der Waals surface area (Å²) in [6.07, 6.45) is 2.23. The average Bonchev–Trinajstić information content (AvgIpc) is 3.09. The Labute approximate surface area is 146 Å². The fourth-order valence-electron chi connectivity index (χ4n) is 1.62. The number of halogens is 4. The summed E-state index contributed by atoms with van der Waals surface area (Å²) in [5.41, 5.74) is 4.64. The Bertz CT molecular complexity index is 652. The minimum atomic E-state index is -0.833. The molecule has 0 aromatic heterocycles. The molecule has 1 unspecified atom stereocenters. The van der Waals surface area contributed by atoms with Crippen LogP contribution in [0.3, 0.4) is 0 Å². The third-order valence-electron chi connectivity index (χ3n) is 3.04.